The molecule has 17 heavy (non-hydrogen) atoms. The summed E-state index contributed by atoms with van der Waals surface area (Å²) in [5.74, 6) is 0.366. The Morgan fingerprint density at radius 2 is 1.94 bits per heavy atom. The molecule has 0 radical (unpaired) electrons. The lowest BCUT2D eigenvalue weighted by molar-refractivity contribution is 0.205. The molecule has 3 N–H and O–H groups in total. The van der Waals surface area contributed by atoms with Crippen molar-refractivity contribution in [3.63, 3.8) is 0 Å². The Morgan fingerprint density at radius 1 is 1.24 bits per heavy atom. The molecule has 0 spiro atoms. The van der Waals surface area contributed by atoms with E-state index in [1.54, 1.807) is 4.31 Å². The van der Waals surface area contributed by atoms with E-state index in [9.17, 15) is 8.42 Å². The van der Waals surface area contributed by atoms with Gasteiger partial charge in [0, 0.05) is 19.1 Å². The van der Waals surface area contributed by atoms with Crippen LogP contribution in [0.1, 0.15) is 38.5 Å². The van der Waals surface area contributed by atoms with E-state index in [0.717, 1.165) is 32.1 Å². The van der Waals surface area contributed by atoms with Crippen LogP contribution in [0.5, 0.6) is 0 Å². The third-order valence-corrected chi connectivity index (χ3v) is 5.45. The fraction of sp³-hybridized carbons (Fsp3) is 1.00. The molecule has 1 aliphatic heterocycles. The van der Waals surface area contributed by atoms with E-state index in [1.165, 1.54) is 6.42 Å². The van der Waals surface area contributed by atoms with Gasteiger partial charge in [-0.2, -0.15) is 12.7 Å². The third kappa shape index (κ3) is 3.19. The second-order valence-electron chi connectivity index (χ2n) is 5.16. The molecule has 1 atom stereocenters. The molecule has 0 aromatic carbocycles. The summed E-state index contributed by atoms with van der Waals surface area (Å²) in [6, 6.07) is 0.210. The minimum absolute atomic E-state index is 0.210. The molecule has 0 amide bonds. The van der Waals surface area contributed by atoms with Gasteiger partial charge in [0.2, 0.25) is 0 Å². The van der Waals surface area contributed by atoms with E-state index >= 15 is 0 Å². The lowest BCUT2D eigenvalue weighted by Gasteiger charge is -2.39. The van der Waals surface area contributed by atoms with E-state index in [4.69, 9.17) is 5.73 Å². The largest absolute Gasteiger partial charge is 0.330 e. The van der Waals surface area contributed by atoms with Crippen LogP contribution in [-0.2, 0) is 10.2 Å². The highest BCUT2D eigenvalue weighted by atomic mass is 32.2. The summed E-state index contributed by atoms with van der Waals surface area (Å²) < 4.78 is 28.4. The Balaban J connectivity index is 2.04. The Labute approximate surface area is 104 Å². The fourth-order valence-corrected chi connectivity index (χ4v) is 4.49. The van der Waals surface area contributed by atoms with Crippen molar-refractivity contribution in [3.05, 3.63) is 0 Å². The van der Waals surface area contributed by atoms with Crippen molar-refractivity contribution in [2.75, 3.05) is 19.6 Å². The highest BCUT2D eigenvalue weighted by molar-refractivity contribution is 7.87. The lowest BCUT2D eigenvalue weighted by atomic mass is 9.94. The molecular formula is C11H23N3O2S. The van der Waals surface area contributed by atoms with Crippen LogP contribution in [0.2, 0.25) is 0 Å². The molecule has 2 aliphatic rings. The zero-order valence-electron chi connectivity index (χ0n) is 10.3. The molecule has 1 aliphatic carbocycles. The molecule has 100 valence electrons. The van der Waals surface area contributed by atoms with Gasteiger partial charge in [0.1, 0.15) is 0 Å². The topological polar surface area (TPSA) is 75.4 Å². The van der Waals surface area contributed by atoms with Crippen LogP contribution in [0.15, 0.2) is 0 Å². The Bertz CT molecular complexity index is 339. The first-order valence-corrected chi connectivity index (χ1v) is 8.04. The maximum absolute atomic E-state index is 12.0. The molecule has 0 bridgehead atoms. The van der Waals surface area contributed by atoms with Gasteiger partial charge in [0.05, 0.1) is 0 Å². The Hall–Kier alpha value is -0.170. The van der Waals surface area contributed by atoms with Gasteiger partial charge >= 0.3 is 0 Å². The fourth-order valence-electron chi connectivity index (χ4n) is 2.87. The van der Waals surface area contributed by atoms with Gasteiger partial charge in [-0.3, -0.25) is 0 Å². The molecule has 2 fully saturated rings. The summed E-state index contributed by atoms with van der Waals surface area (Å²) >= 11 is 0. The highest BCUT2D eigenvalue weighted by Crippen LogP contribution is 2.27. The standard InChI is InChI=1S/C11H23N3O2S/c12-7-6-10-8-13-17(15,16)14(9-10)11-4-2-1-3-5-11/h10-11,13H,1-9,12H2. The maximum Gasteiger partial charge on any atom is 0.279 e. The molecule has 0 aromatic heterocycles. The SMILES string of the molecule is NCCC1CNS(=O)(=O)N(C2CCCCC2)C1. The van der Waals surface area contributed by atoms with E-state index in [2.05, 4.69) is 4.72 Å². The molecule has 6 heteroatoms. The van der Waals surface area contributed by atoms with Crippen molar-refractivity contribution in [1.29, 1.82) is 0 Å². The first-order valence-electron chi connectivity index (χ1n) is 6.60. The van der Waals surface area contributed by atoms with Gasteiger partial charge in [0.15, 0.2) is 0 Å². The van der Waals surface area contributed by atoms with Gasteiger partial charge in [-0.1, -0.05) is 19.3 Å². The highest BCUT2D eigenvalue weighted by Gasteiger charge is 2.36. The molecule has 2 rings (SSSR count). The third-order valence-electron chi connectivity index (χ3n) is 3.86. The van der Waals surface area contributed by atoms with Crippen molar-refractivity contribution in [3.8, 4) is 0 Å². The van der Waals surface area contributed by atoms with Crippen LogP contribution in [-0.4, -0.2) is 38.4 Å². The number of nitrogens with one attached hydrogen (secondary N) is 1. The summed E-state index contributed by atoms with van der Waals surface area (Å²) in [4.78, 5) is 0. The average molecular weight is 261 g/mol. The quantitative estimate of drug-likeness (QED) is 0.774. The second kappa shape index (κ2) is 5.65. The van der Waals surface area contributed by atoms with Crippen LogP contribution in [0.3, 0.4) is 0 Å². The van der Waals surface area contributed by atoms with Crippen LogP contribution in [0.4, 0.5) is 0 Å². The van der Waals surface area contributed by atoms with Crippen LogP contribution in [0, 0.1) is 5.92 Å². The minimum Gasteiger partial charge on any atom is -0.330 e. The smallest absolute Gasteiger partial charge is 0.279 e. The zero-order chi connectivity index (χ0) is 12.3. The number of hydrogen-bond acceptors (Lipinski definition) is 3. The first-order chi connectivity index (χ1) is 8.13. The van der Waals surface area contributed by atoms with Crippen molar-refractivity contribution >= 4 is 10.2 Å². The van der Waals surface area contributed by atoms with Gasteiger partial charge < -0.3 is 5.73 Å². The number of hydrogen-bond donors (Lipinski definition) is 2. The molecule has 0 aromatic rings. The van der Waals surface area contributed by atoms with Crippen LogP contribution >= 0.6 is 0 Å². The molecule has 1 saturated heterocycles. The summed E-state index contributed by atoms with van der Waals surface area (Å²) in [6.45, 7) is 1.82. The lowest BCUT2D eigenvalue weighted by Crippen LogP contribution is -2.55. The maximum atomic E-state index is 12.0. The number of nitrogens with two attached hydrogens (primary N) is 1. The molecule has 1 unspecified atom stereocenters. The molecule has 1 saturated carbocycles. The second-order valence-corrected chi connectivity index (χ2v) is 6.87. The van der Waals surface area contributed by atoms with Gasteiger partial charge in [-0.25, -0.2) is 4.72 Å². The van der Waals surface area contributed by atoms with Crippen LogP contribution < -0.4 is 10.5 Å². The van der Waals surface area contributed by atoms with E-state index < -0.39 is 10.2 Å². The van der Waals surface area contributed by atoms with Crippen molar-refractivity contribution in [2.45, 2.75) is 44.6 Å². The molecule has 5 nitrogen and oxygen atoms in total. The summed E-state index contributed by atoms with van der Waals surface area (Å²) in [7, 11) is -3.23. The summed E-state index contributed by atoms with van der Waals surface area (Å²) in [5.41, 5.74) is 5.56. The van der Waals surface area contributed by atoms with E-state index in [0.29, 0.717) is 25.6 Å². The van der Waals surface area contributed by atoms with E-state index in [-0.39, 0.29) is 6.04 Å². The summed E-state index contributed by atoms with van der Waals surface area (Å²) in [6.07, 6.45) is 6.46. The van der Waals surface area contributed by atoms with E-state index in [1.807, 2.05) is 0 Å². The Kier molecular flexibility index (Phi) is 4.41. The van der Waals surface area contributed by atoms with Gasteiger partial charge in [-0.05, 0) is 31.7 Å². The monoisotopic (exact) mass is 261 g/mol. The average Bonchev–Trinajstić information content (AvgIpc) is 2.33. The van der Waals surface area contributed by atoms with Gasteiger partial charge in [-0.15, -0.1) is 0 Å². The first kappa shape index (κ1) is 13.3. The number of nitrogens with zero attached hydrogens (tertiary/aromatic N) is 1. The van der Waals surface area contributed by atoms with Crippen molar-refractivity contribution in [2.24, 2.45) is 11.7 Å². The van der Waals surface area contributed by atoms with Gasteiger partial charge in [0.25, 0.3) is 10.2 Å². The predicted molar refractivity (Wildman–Crippen MR) is 67.7 cm³/mol. The predicted octanol–water partition coefficient (Wildman–Crippen LogP) is 0.434. The van der Waals surface area contributed by atoms with Crippen molar-refractivity contribution < 1.29 is 8.42 Å². The van der Waals surface area contributed by atoms with Crippen molar-refractivity contribution in [1.82, 2.24) is 9.03 Å². The summed E-state index contributed by atoms with van der Waals surface area (Å²) in [5, 5.41) is 0. The normalized spacial score (nSPS) is 31.5. The number of rotatable bonds is 3. The molecule has 1 heterocycles. The Morgan fingerprint density at radius 3 is 2.59 bits per heavy atom. The zero-order valence-corrected chi connectivity index (χ0v) is 11.1. The molecular weight excluding hydrogens is 238 g/mol. The minimum atomic E-state index is -3.23. The van der Waals surface area contributed by atoms with Crippen LogP contribution in [0.25, 0.3) is 0 Å².